The fourth-order valence-electron chi connectivity index (χ4n) is 3.16. The Kier molecular flexibility index (Phi) is 4.10. The third-order valence-corrected chi connectivity index (χ3v) is 6.26. The van der Waals surface area contributed by atoms with Crippen molar-refractivity contribution in [2.75, 3.05) is 19.6 Å². The molecule has 0 aliphatic carbocycles. The Bertz CT molecular complexity index is 576. The predicted octanol–water partition coefficient (Wildman–Crippen LogP) is 1.90. The Hall–Kier alpha value is -0.910. The normalized spacial score (nSPS) is 21.2. The number of fused-ring (bicyclic) bond motifs is 1. The molecule has 1 aromatic rings. The smallest absolute Gasteiger partial charge is 0.243 e. The summed E-state index contributed by atoms with van der Waals surface area (Å²) in [7, 11) is -3.32. The van der Waals surface area contributed by atoms with Gasteiger partial charge in [-0.2, -0.15) is 4.31 Å². The second-order valence-corrected chi connectivity index (χ2v) is 7.55. The second-order valence-electron chi connectivity index (χ2n) is 5.64. The van der Waals surface area contributed by atoms with Gasteiger partial charge in [-0.3, -0.25) is 0 Å². The molecule has 4 nitrogen and oxygen atoms in total. The monoisotopic (exact) mass is 294 g/mol. The van der Waals surface area contributed by atoms with Gasteiger partial charge in [-0.05, 0) is 43.0 Å². The van der Waals surface area contributed by atoms with Crippen LogP contribution in [0.4, 0.5) is 0 Å². The van der Waals surface area contributed by atoms with Gasteiger partial charge in [0, 0.05) is 19.6 Å². The van der Waals surface area contributed by atoms with Gasteiger partial charge in [-0.1, -0.05) is 25.0 Å². The van der Waals surface area contributed by atoms with Crippen LogP contribution < -0.4 is 5.32 Å². The maximum atomic E-state index is 12.9. The number of hydrogen-bond acceptors (Lipinski definition) is 3. The van der Waals surface area contributed by atoms with Crippen LogP contribution in [0.25, 0.3) is 0 Å². The number of nitrogens with one attached hydrogen (secondary N) is 1. The van der Waals surface area contributed by atoms with Gasteiger partial charge < -0.3 is 5.32 Å². The lowest BCUT2D eigenvalue weighted by Gasteiger charge is -2.25. The van der Waals surface area contributed by atoms with Gasteiger partial charge in [0.05, 0.1) is 4.90 Å². The van der Waals surface area contributed by atoms with Crippen molar-refractivity contribution in [3.8, 4) is 0 Å². The van der Waals surface area contributed by atoms with Crippen molar-refractivity contribution in [1.82, 2.24) is 9.62 Å². The van der Waals surface area contributed by atoms with E-state index in [9.17, 15) is 8.42 Å². The molecule has 1 aromatic carbocycles. The first-order valence-electron chi connectivity index (χ1n) is 7.51. The predicted molar refractivity (Wildman–Crippen MR) is 79.1 cm³/mol. The van der Waals surface area contributed by atoms with E-state index in [1.165, 1.54) is 0 Å². The molecule has 1 saturated heterocycles. The van der Waals surface area contributed by atoms with E-state index in [-0.39, 0.29) is 0 Å². The SMILES string of the molecule is O=S(=O)(c1cccc2c1CCNC2)N1CCCCCC1. The van der Waals surface area contributed by atoms with Gasteiger partial charge in [0.1, 0.15) is 0 Å². The maximum Gasteiger partial charge on any atom is 0.243 e. The van der Waals surface area contributed by atoms with Crippen molar-refractivity contribution in [1.29, 1.82) is 0 Å². The largest absolute Gasteiger partial charge is 0.312 e. The van der Waals surface area contributed by atoms with E-state index < -0.39 is 10.0 Å². The fraction of sp³-hybridized carbons (Fsp3) is 0.600. The van der Waals surface area contributed by atoms with Crippen molar-refractivity contribution in [2.24, 2.45) is 0 Å². The fourth-order valence-corrected chi connectivity index (χ4v) is 4.97. The van der Waals surface area contributed by atoms with E-state index in [1.54, 1.807) is 10.4 Å². The van der Waals surface area contributed by atoms with E-state index >= 15 is 0 Å². The summed E-state index contributed by atoms with van der Waals surface area (Å²) in [6.45, 7) is 2.98. The zero-order valence-electron chi connectivity index (χ0n) is 11.8. The Morgan fingerprint density at radius 3 is 2.55 bits per heavy atom. The first-order valence-corrected chi connectivity index (χ1v) is 8.95. The third kappa shape index (κ3) is 2.62. The van der Waals surface area contributed by atoms with Crippen LogP contribution in [0.3, 0.4) is 0 Å². The zero-order chi connectivity index (χ0) is 14.0. The summed E-state index contributed by atoms with van der Waals surface area (Å²) in [4.78, 5) is 0.540. The average molecular weight is 294 g/mol. The lowest BCUT2D eigenvalue weighted by Crippen LogP contribution is -2.34. The first-order chi connectivity index (χ1) is 9.69. The highest BCUT2D eigenvalue weighted by Gasteiger charge is 2.28. The summed E-state index contributed by atoms with van der Waals surface area (Å²) in [5.41, 5.74) is 2.16. The molecule has 1 N–H and O–H groups in total. The second kappa shape index (κ2) is 5.84. The summed E-state index contributed by atoms with van der Waals surface area (Å²) in [5.74, 6) is 0. The van der Waals surface area contributed by atoms with Crippen LogP contribution in [0.15, 0.2) is 23.1 Å². The summed E-state index contributed by atoms with van der Waals surface area (Å²) >= 11 is 0. The highest BCUT2D eigenvalue weighted by atomic mass is 32.2. The molecule has 0 unspecified atom stereocenters. The van der Waals surface area contributed by atoms with Crippen molar-refractivity contribution in [2.45, 2.75) is 43.5 Å². The number of sulfonamides is 1. The molecule has 1 fully saturated rings. The minimum absolute atomic E-state index is 0.540. The Balaban J connectivity index is 1.98. The van der Waals surface area contributed by atoms with Gasteiger partial charge >= 0.3 is 0 Å². The summed E-state index contributed by atoms with van der Waals surface area (Å²) < 4.78 is 27.5. The molecule has 0 radical (unpaired) electrons. The Morgan fingerprint density at radius 1 is 1.05 bits per heavy atom. The lowest BCUT2D eigenvalue weighted by molar-refractivity contribution is 0.422. The number of hydrogen-bond donors (Lipinski definition) is 1. The molecule has 5 heteroatoms. The molecule has 0 atom stereocenters. The van der Waals surface area contributed by atoms with Gasteiger partial charge in [-0.25, -0.2) is 8.42 Å². The number of benzene rings is 1. The van der Waals surface area contributed by atoms with Crippen LogP contribution >= 0.6 is 0 Å². The molecule has 110 valence electrons. The maximum absolute atomic E-state index is 12.9. The van der Waals surface area contributed by atoms with Crippen LogP contribution in [-0.4, -0.2) is 32.4 Å². The van der Waals surface area contributed by atoms with E-state index in [1.807, 2.05) is 12.1 Å². The van der Waals surface area contributed by atoms with Crippen LogP contribution in [-0.2, 0) is 23.0 Å². The molecule has 0 bridgehead atoms. The Labute approximate surface area is 121 Å². The van der Waals surface area contributed by atoms with Crippen molar-refractivity contribution in [3.63, 3.8) is 0 Å². The highest BCUT2D eigenvalue weighted by molar-refractivity contribution is 7.89. The Morgan fingerprint density at radius 2 is 1.80 bits per heavy atom. The van der Waals surface area contributed by atoms with Crippen LogP contribution in [0.1, 0.15) is 36.8 Å². The molecule has 2 aliphatic rings. The van der Waals surface area contributed by atoms with Crippen molar-refractivity contribution >= 4 is 10.0 Å². The molecule has 0 amide bonds. The van der Waals surface area contributed by atoms with Crippen molar-refractivity contribution in [3.05, 3.63) is 29.3 Å². The standard InChI is InChI=1S/C15H22N2O2S/c18-20(19,17-10-3-1-2-4-11-17)15-7-5-6-13-12-16-9-8-14(13)15/h5-7,16H,1-4,8-12H2. The van der Waals surface area contributed by atoms with Gasteiger partial charge in [-0.15, -0.1) is 0 Å². The lowest BCUT2D eigenvalue weighted by atomic mass is 10.0. The highest BCUT2D eigenvalue weighted by Crippen LogP contribution is 2.27. The van der Waals surface area contributed by atoms with E-state index in [0.29, 0.717) is 18.0 Å². The molecular weight excluding hydrogens is 272 g/mol. The van der Waals surface area contributed by atoms with Crippen LogP contribution in [0, 0.1) is 0 Å². The zero-order valence-corrected chi connectivity index (χ0v) is 12.6. The first kappa shape index (κ1) is 14.0. The number of rotatable bonds is 2. The quantitative estimate of drug-likeness (QED) is 0.906. The molecule has 20 heavy (non-hydrogen) atoms. The molecular formula is C15H22N2O2S. The summed E-state index contributed by atoms with van der Waals surface area (Å²) in [5, 5.41) is 3.30. The molecule has 2 aliphatic heterocycles. The van der Waals surface area contributed by atoms with Crippen molar-refractivity contribution < 1.29 is 8.42 Å². The summed E-state index contributed by atoms with van der Waals surface area (Å²) in [6.07, 6.45) is 5.05. The molecule has 0 spiro atoms. The minimum atomic E-state index is -3.32. The van der Waals surface area contributed by atoms with Crippen LogP contribution in [0.2, 0.25) is 0 Å². The summed E-state index contributed by atoms with van der Waals surface area (Å²) in [6, 6.07) is 5.68. The van der Waals surface area contributed by atoms with Gasteiger partial charge in [0.2, 0.25) is 10.0 Å². The molecule has 0 saturated carbocycles. The van der Waals surface area contributed by atoms with E-state index in [0.717, 1.165) is 56.3 Å². The average Bonchev–Trinajstić information content (AvgIpc) is 2.76. The minimum Gasteiger partial charge on any atom is -0.312 e. The van der Waals surface area contributed by atoms with E-state index in [2.05, 4.69) is 5.32 Å². The molecule has 2 heterocycles. The van der Waals surface area contributed by atoms with Gasteiger partial charge in [0.15, 0.2) is 0 Å². The number of nitrogens with zero attached hydrogens (tertiary/aromatic N) is 1. The van der Waals surface area contributed by atoms with Gasteiger partial charge in [0.25, 0.3) is 0 Å². The molecule has 3 rings (SSSR count). The van der Waals surface area contributed by atoms with E-state index in [4.69, 9.17) is 0 Å². The molecule has 0 aromatic heterocycles. The topological polar surface area (TPSA) is 49.4 Å². The van der Waals surface area contributed by atoms with Crippen LogP contribution in [0.5, 0.6) is 0 Å². The third-order valence-electron chi connectivity index (χ3n) is 4.28.